The average molecular weight is 425 g/mol. The van der Waals surface area contributed by atoms with Gasteiger partial charge in [0.15, 0.2) is 5.65 Å². The van der Waals surface area contributed by atoms with E-state index in [2.05, 4.69) is 51.2 Å². The molecule has 4 rings (SSSR count). The minimum atomic E-state index is 0.321. The van der Waals surface area contributed by atoms with Gasteiger partial charge in [0.25, 0.3) is 0 Å². The Balaban J connectivity index is 0.00000132. The third kappa shape index (κ3) is 6.17. The lowest BCUT2D eigenvalue weighted by Crippen LogP contribution is -2.29. The molecule has 1 aromatic carbocycles. The van der Waals surface area contributed by atoms with E-state index >= 15 is 0 Å². The monoisotopic (exact) mass is 424 g/mol. The Bertz CT molecular complexity index is 931. The molecule has 0 bridgehead atoms. The summed E-state index contributed by atoms with van der Waals surface area (Å²) >= 11 is 0. The number of fused-ring (bicyclic) bond motifs is 1. The van der Waals surface area contributed by atoms with Crippen LogP contribution in [-0.2, 0) is 13.1 Å². The minimum absolute atomic E-state index is 0.321. The average Bonchev–Trinajstić information content (AvgIpc) is 3.21. The Labute approximate surface area is 185 Å². The first-order valence-electron chi connectivity index (χ1n) is 11.6. The van der Waals surface area contributed by atoms with E-state index in [1.807, 2.05) is 18.5 Å². The zero-order valence-corrected chi connectivity index (χ0v) is 19.2. The molecular formula is C24H36N6O. The van der Waals surface area contributed by atoms with E-state index in [9.17, 15) is 0 Å². The number of nitrogens with zero attached hydrogens (tertiary/aromatic N) is 5. The molecule has 7 nitrogen and oxygen atoms in total. The largest absolute Gasteiger partial charge is 0.463 e. The van der Waals surface area contributed by atoms with Crippen molar-refractivity contribution in [3.63, 3.8) is 0 Å². The van der Waals surface area contributed by atoms with Gasteiger partial charge in [-0.15, -0.1) is 0 Å². The Hall–Kier alpha value is -2.67. The molecule has 1 saturated heterocycles. The highest BCUT2D eigenvalue weighted by Crippen LogP contribution is 2.21. The molecule has 3 aromatic rings. The van der Waals surface area contributed by atoms with Gasteiger partial charge in [-0.1, -0.05) is 57.9 Å². The highest BCUT2D eigenvalue weighted by molar-refractivity contribution is 5.85. The second kappa shape index (κ2) is 11.6. The molecule has 0 spiro atoms. The summed E-state index contributed by atoms with van der Waals surface area (Å²) in [5.74, 6) is 0.407. The van der Waals surface area contributed by atoms with Crippen molar-refractivity contribution in [2.45, 2.75) is 66.0 Å². The van der Waals surface area contributed by atoms with Crippen molar-refractivity contribution in [1.82, 2.24) is 24.6 Å². The zero-order valence-electron chi connectivity index (χ0n) is 19.2. The van der Waals surface area contributed by atoms with Gasteiger partial charge in [0.05, 0.1) is 24.7 Å². The Kier molecular flexibility index (Phi) is 8.64. The van der Waals surface area contributed by atoms with E-state index in [1.165, 1.54) is 43.5 Å². The molecule has 1 aliphatic heterocycles. The Morgan fingerprint density at radius 3 is 2.32 bits per heavy atom. The highest BCUT2D eigenvalue weighted by atomic mass is 16.5. The maximum absolute atomic E-state index is 6.09. The molecule has 31 heavy (non-hydrogen) atoms. The molecule has 7 heteroatoms. The molecule has 0 radical (unpaired) electrons. The fourth-order valence-electron chi connectivity index (χ4n) is 3.74. The maximum atomic E-state index is 6.09. The topological polar surface area (TPSA) is 82.1 Å². The summed E-state index contributed by atoms with van der Waals surface area (Å²) in [4.78, 5) is 11.3. The summed E-state index contributed by atoms with van der Waals surface area (Å²) in [5, 5.41) is 5.23. The van der Waals surface area contributed by atoms with Gasteiger partial charge in [0, 0.05) is 6.54 Å². The van der Waals surface area contributed by atoms with Crippen LogP contribution in [0.1, 0.15) is 64.0 Å². The smallest absolute Gasteiger partial charge is 0.320 e. The van der Waals surface area contributed by atoms with Crippen LogP contribution in [0.5, 0.6) is 6.01 Å². The zero-order chi connectivity index (χ0) is 22.1. The van der Waals surface area contributed by atoms with Crippen molar-refractivity contribution in [3.8, 4) is 6.01 Å². The number of benzene rings is 1. The van der Waals surface area contributed by atoms with Crippen molar-refractivity contribution < 1.29 is 4.74 Å². The molecule has 1 fully saturated rings. The molecule has 0 unspecified atom stereocenters. The molecule has 3 heterocycles. The fourth-order valence-corrected chi connectivity index (χ4v) is 3.74. The van der Waals surface area contributed by atoms with E-state index in [4.69, 9.17) is 10.5 Å². The number of rotatable bonds is 8. The predicted molar refractivity (Wildman–Crippen MR) is 126 cm³/mol. The van der Waals surface area contributed by atoms with E-state index in [-0.39, 0.29) is 0 Å². The normalized spacial score (nSPS) is 14.3. The van der Waals surface area contributed by atoms with Gasteiger partial charge in [0.1, 0.15) is 5.82 Å². The fraction of sp³-hybridized carbons (Fsp3) is 0.542. The van der Waals surface area contributed by atoms with Gasteiger partial charge in [-0.25, -0.2) is 4.68 Å². The molecule has 168 valence electrons. The third-order valence-electron chi connectivity index (χ3n) is 5.44. The number of hydrogen-bond acceptors (Lipinski definition) is 6. The molecule has 0 atom stereocenters. The lowest BCUT2D eigenvalue weighted by molar-refractivity contribution is 0.221. The molecule has 0 amide bonds. The van der Waals surface area contributed by atoms with Crippen molar-refractivity contribution in [2.24, 2.45) is 0 Å². The van der Waals surface area contributed by atoms with Crippen molar-refractivity contribution in [3.05, 3.63) is 41.6 Å². The first-order valence-corrected chi connectivity index (χ1v) is 11.6. The summed E-state index contributed by atoms with van der Waals surface area (Å²) in [6.45, 7) is 10.8. The van der Waals surface area contributed by atoms with Crippen LogP contribution in [0.25, 0.3) is 11.0 Å². The van der Waals surface area contributed by atoms with Crippen LogP contribution in [0.3, 0.4) is 0 Å². The van der Waals surface area contributed by atoms with Crippen LogP contribution >= 0.6 is 0 Å². The molecule has 0 saturated carbocycles. The van der Waals surface area contributed by atoms with Gasteiger partial charge in [-0.2, -0.15) is 15.1 Å². The Morgan fingerprint density at radius 2 is 1.65 bits per heavy atom. The minimum Gasteiger partial charge on any atom is -0.463 e. The second-order valence-corrected chi connectivity index (χ2v) is 7.79. The number of nitrogen functional groups attached to an aromatic ring is 1. The summed E-state index contributed by atoms with van der Waals surface area (Å²) in [6, 6.07) is 9.12. The number of nitrogens with two attached hydrogens (primary N) is 1. The summed E-state index contributed by atoms with van der Waals surface area (Å²) in [7, 11) is 0. The number of ether oxygens (including phenoxy) is 1. The van der Waals surface area contributed by atoms with Crippen LogP contribution in [0.2, 0.25) is 0 Å². The number of unbranched alkanes of at least 4 members (excludes halogenated alkanes) is 1. The van der Waals surface area contributed by atoms with Crippen LogP contribution in [-0.4, -0.2) is 44.3 Å². The lowest BCUT2D eigenvalue weighted by atomic mass is 10.1. The molecule has 1 aliphatic rings. The van der Waals surface area contributed by atoms with Gasteiger partial charge in [-0.05, 0) is 43.5 Å². The SMILES string of the molecule is CC.CCCCOc1nc(N)c2cnn(Cc3ccc(CN4CCCCC4)cc3)c2n1. The number of likely N-dealkylation sites (tertiary alicyclic amines) is 1. The number of piperidine rings is 1. The quantitative estimate of drug-likeness (QED) is 0.530. The third-order valence-corrected chi connectivity index (χ3v) is 5.44. The van der Waals surface area contributed by atoms with Crippen LogP contribution < -0.4 is 10.5 Å². The van der Waals surface area contributed by atoms with Gasteiger partial charge >= 0.3 is 6.01 Å². The van der Waals surface area contributed by atoms with Gasteiger partial charge in [-0.3, -0.25) is 4.90 Å². The van der Waals surface area contributed by atoms with Gasteiger partial charge in [0.2, 0.25) is 0 Å². The van der Waals surface area contributed by atoms with Gasteiger partial charge < -0.3 is 10.5 Å². The van der Waals surface area contributed by atoms with Crippen LogP contribution in [0.4, 0.5) is 5.82 Å². The summed E-state index contributed by atoms with van der Waals surface area (Å²) in [5.41, 5.74) is 9.34. The van der Waals surface area contributed by atoms with Crippen molar-refractivity contribution >= 4 is 16.9 Å². The molecule has 0 aliphatic carbocycles. The van der Waals surface area contributed by atoms with Crippen LogP contribution in [0.15, 0.2) is 30.5 Å². The summed E-state index contributed by atoms with van der Waals surface area (Å²) < 4.78 is 7.51. The second-order valence-electron chi connectivity index (χ2n) is 7.79. The molecule has 2 N–H and O–H groups in total. The van der Waals surface area contributed by atoms with Crippen LogP contribution in [0, 0.1) is 0 Å². The Morgan fingerprint density at radius 1 is 0.968 bits per heavy atom. The van der Waals surface area contributed by atoms with E-state index in [0.717, 1.165) is 24.8 Å². The standard InChI is InChI=1S/C22H30N6O.C2H6/c1-2-3-13-29-22-25-20(23)19-14-24-28(21(19)26-22)16-18-9-7-17(8-10-18)15-27-11-5-4-6-12-27;1-2/h7-10,14H,2-6,11-13,15-16H2,1H3,(H2,23,25,26);1-2H3. The number of hydrogen-bond donors (Lipinski definition) is 1. The van der Waals surface area contributed by atoms with E-state index < -0.39 is 0 Å². The van der Waals surface area contributed by atoms with E-state index in [0.29, 0.717) is 30.6 Å². The number of aromatic nitrogens is 4. The first kappa shape index (κ1) is 23.0. The molecular weight excluding hydrogens is 388 g/mol. The maximum Gasteiger partial charge on any atom is 0.320 e. The molecule has 2 aromatic heterocycles. The number of anilines is 1. The summed E-state index contributed by atoms with van der Waals surface area (Å²) in [6.07, 6.45) is 7.75. The lowest BCUT2D eigenvalue weighted by Gasteiger charge is -2.26. The van der Waals surface area contributed by atoms with E-state index in [1.54, 1.807) is 6.20 Å². The van der Waals surface area contributed by atoms with Crippen molar-refractivity contribution in [1.29, 1.82) is 0 Å². The highest BCUT2D eigenvalue weighted by Gasteiger charge is 2.13. The predicted octanol–water partition coefficient (Wildman–Crippen LogP) is 4.65. The van der Waals surface area contributed by atoms with Crippen molar-refractivity contribution in [2.75, 3.05) is 25.4 Å². The first-order chi connectivity index (χ1) is 15.2.